The molecule has 0 bridgehead atoms. The monoisotopic (exact) mass is 408 g/mol. The van der Waals surface area contributed by atoms with Crippen LogP contribution in [0.3, 0.4) is 0 Å². The maximum Gasteiger partial charge on any atom is 0.234 e. The van der Waals surface area contributed by atoms with Crippen molar-refractivity contribution in [2.75, 3.05) is 50.7 Å². The predicted molar refractivity (Wildman–Crippen MR) is 103 cm³/mol. The molecule has 2 heterocycles. The van der Waals surface area contributed by atoms with Crippen molar-refractivity contribution in [2.45, 2.75) is 19.8 Å². The van der Waals surface area contributed by atoms with Crippen molar-refractivity contribution in [1.29, 1.82) is 0 Å². The SMILES string of the molecule is CCCNC(=O)CN1CCN(C(=O)C2CC(=O)N(c3ccc(F)cc3F)C2)CC1. The molecule has 1 N–H and O–H groups in total. The number of carbonyl (C=O) groups excluding carboxylic acids is 3. The number of carbonyl (C=O) groups is 3. The highest BCUT2D eigenvalue weighted by atomic mass is 19.1. The van der Waals surface area contributed by atoms with Gasteiger partial charge in [0.25, 0.3) is 0 Å². The number of nitrogens with one attached hydrogen (secondary N) is 1. The number of piperazine rings is 1. The molecule has 1 unspecified atom stereocenters. The van der Waals surface area contributed by atoms with Crippen molar-refractivity contribution < 1.29 is 23.2 Å². The summed E-state index contributed by atoms with van der Waals surface area (Å²) >= 11 is 0. The first-order valence-corrected chi connectivity index (χ1v) is 9.92. The summed E-state index contributed by atoms with van der Waals surface area (Å²) in [6, 6.07) is 3.04. The van der Waals surface area contributed by atoms with Crippen LogP contribution < -0.4 is 10.2 Å². The second kappa shape index (κ2) is 9.30. The minimum absolute atomic E-state index is 0.00499. The number of halogens is 2. The summed E-state index contributed by atoms with van der Waals surface area (Å²) in [5, 5.41) is 2.83. The van der Waals surface area contributed by atoms with E-state index in [1.807, 2.05) is 11.8 Å². The first-order chi connectivity index (χ1) is 13.9. The Morgan fingerprint density at radius 2 is 1.90 bits per heavy atom. The maximum absolute atomic E-state index is 14.0. The standard InChI is InChI=1S/C20H26F2N4O3/c1-2-5-23-18(27)13-24-6-8-25(9-7-24)20(29)14-10-19(28)26(12-14)17-4-3-15(21)11-16(17)22/h3-4,11,14H,2,5-10,12-13H2,1H3,(H,23,27). The number of nitrogens with zero attached hydrogens (tertiary/aromatic N) is 3. The van der Waals surface area contributed by atoms with Crippen molar-refractivity contribution in [1.82, 2.24) is 15.1 Å². The van der Waals surface area contributed by atoms with E-state index in [9.17, 15) is 23.2 Å². The lowest BCUT2D eigenvalue weighted by atomic mass is 10.1. The summed E-state index contributed by atoms with van der Waals surface area (Å²) in [4.78, 5) is 41.9. The number of anilines is 1. The lowest BCUT2D eigenvalue weighted by Gasteiger charge is -2.35. The van der Waals surface area contributed by atoms with Crippen LogP contribution in [0.1, 0.15) is 19.8 Å². The van der Waals surface area contributed by atoms with E-state index in [1.54, 1.807) is 4.90 Å². The molecule has 0 spiro atoms. The van der Waals surface area contributed by atoms with Gasteiger partial charge in [0.2, 0.25) is 17.7 Å². The third-order valence-corrected chi connectivity index (χ3v) is 5.30. The molecule has 3 rings (SSSR count). The molecule has 9 heteroatoms. The first-order valence-electron chi connectivity index (χ1n) is 9.92. The van der Waals surface area contributed by atoms with Gasteiger partial charge in [-0.3, -0.25) is 19.3 Å². The predicted octanol–water partition coefficient (Wildman–Crippen LogP) is 0.988. The van der Waals surface area contributed by atoms with Crippen LogP contribution in [0, 0.1) is 17.6 Å². The van der Waals surface area contributed by atoms with Crippen LogP contribution in [0.4, 0.5) is 14.5 Å². The number of amides is 3. The molecule has 0 saturated carbocycles. The Hall–Kier alpha value is -2.55. The van der Waals surface area contributed by atoms with Gasteiger partial charge in [-0.1, -0.05) is 6.92 Å². The van der Waals surface area contributed by atoms with Gasteiger partial charge >= 0.3 is 0 Å². The van der Waals surface area contributed by atoms with E-state index in [4.69, 9.17) is 0 Å². The molecule has 7 nitrogen and oxygen atoms in total. The quantitative estimate of drug-likeness (QED) is 0.762. The highest BCUT2D eigenvalue weighted by molar-refractivity contribution is 6.00. The van der Waals surface area contributed by atoms with Crippen LogP contribution in [0.15, 0.2) is 18.2 Å². The first kappa shape index (κ1) is 21.2. The van der Waals surface area contributed by atoms with Gasteiger partial charge in [-0.05, 0) is 18.6 Å². The van der Waals surface area contributed by atoms with Crippen molar-refractivity contribution in [3.63, 3.8) is 0 Å². The molecule has 0 radical (unpaired) electrons. The van der Waals surface area contributed by atoms with Crippen LogP contribution in [0.2, 0.25) is 0 Å². The summed E-state index contributed by atoms with van der Waals surface area (Å²) in [5.74, 6) is -2.59. The Labute approximate surface area is 168 Å². The van der Waals surface area contributed by atoms with Crippen LogP contribution in [-0.4, -0.2) is 73.3 Å². The van der Waals surface area contributed by atoms with Crippen molar-refractivity contribution in [3.05, 3.63) is 29.8 Å². The van der Waals surface area contributed by atoms with Crippen molar-refractivity contribution in [3.8, 4) is 0 Å². The summed E-state index contributed by atoms with van der Waals surface area (Å²) in [6.07, 6.45) is 0.891. The van der Waals surface area contributed by atoms with E-state index in [-0.39, 0.29) is 36.4 Å². The number of hydrogen-bond acceptors (Lipinski definition) is 4. The molecular formula is C20H26F2N4O3. The maximum atomic E-state index is 14.0. The van der Waals surface area contributed by atoms with Gasteiger partial charge in [-0.2, -0.15) is 0 Å². The smallest absolute Gasteiger partial charge is 0.234 e. The van der Waals surface area contributed by atoms with Crippen LogP contribution in [-0.2, 0) is 14.4 Å². The van der Waals surface area contributed by atoms with Gasteiger partial charge < -0.3 is 15.1 Å². The third-order valence-electron chi connectivity index (χ3n) is 5.30. The lowest BCUT2D eigenvalue weighted by Crippen LogP contribution is -2.52. The Morgan fingerprint density at radius 1 is 1.17 bits per heavy atom. The Balaban J connectivity index is 1.53. The molecule has 1 aromatic carbocycles. The fourth-order valence-electron chi connectivity index (χ4n) is 3.71. The second-order valence-electron chi connectivity index (χ2n) is 7.45. The van der Waals surface area contributed by atoms with Gasteiger partial charge in [0.15, 0.2) is 0 Å². The molecule has 29 heavy (non-hydrogen) atoms. The summed E-state index contributed by atoms with van der Waals surface area (Å²) in [6.45, 7) is 5.17. The van der Waals surface area contributed by atoms with Gasteiger partial charge in [0.05, 0.1) is 18.2 Å². The average Bonchev–Trinajstić information content (AvgIpc) is 3.08. The highest BCUT2D eigenvalue weighted by Crippen LogP contribution is 2.29. The van der Waals surface area contributed by atoms with Gasteiger partial charge in [-0.15, -0.1) is 0 Å². The second-order valence-corrected chi connectivity index (χ2v) is 7.45. The molecule has 2 fully saturated rings. The Morgan fingerprint density at radius 3 is 2.55 bits per heavy atom. The largest absolute Gasteiger partial charge is 0.355 e. The fraction of sp³-hybridized carbons (Fsp3) is 0.550. The zero-order valence-corrected chi connectivity index (χ0v) is 16.5. The van der Waals surface area contributed by atoms with Gasteiger partial charge in [0, 0.05) is 51.8 Å². The molecular weight excluding hydrogens is 382 g/mol. The summed E-state index contributed by atoms with van der Waals surface area (Å²) in [5.41, 5.74) is -0.00499. The van der Waals surface area contributed by atoms with E-state index in [2.05, 4.69) is 5.32 Å². The molecule has 2 saturated heterocycles. The number of hydrogen-bond donors (Lipinski definition) is 1. The van der Waals surface area contributed by atoms with Crippen LogP contribution in [0.5, 0.6) is 0 Å². The molecule has 1 atom stereocenters. The lowest BCUT2D eigenvalue weighted by molar-refractivity contribution is -0.137. The van der Waals surface area contributed by atoms with E-state index in [0.29, 0.717) is 39.3 Å². The van der Waals surface area contributed by atoms with Crippen LogP contribution in [0.25, 0.3) is 0 Å². The minimum Gasteiger partial charge on any atom is -0.355 e. The minimum atomic E-state index is -0.818. The van der Waals surface area contributed by atoms with Crippen molar-refractivity contribution >= 4 is 23.4 Å². The third kappa shape index (κ3) is 5.09. The average molecular weight is 408 g/mol. The fourth-order valence-corrected chi connectivity index (χ4v) is 3.71. The van der Waals surface area contributed by atoms with E-state index < -0.39 is 17.6 Å². The van der Waals surface area contributed by atoms with Crippen LogP contribution >= 0.6 is 0 Å². The Bertz CT molecular complexity index is 781. The normalized spacial score (nSPS) is 20.2. The highest BCUT2D eigenvalue weighted by Gasteiger charge is 2.38. The van der Waals surface area contributed by atoms with E-state index in [1.165, 1.54) is 11.0 Å². The van der Waals surface area contributed by atoms with E-state index in [0.717, 1.165) is 18.6 Å². The topological polar surface area (TPSA) is 73.0 Å². The number of benzene rings is 1. The molecule has 0 aliphatic carbocycles. The summed E-state index contributed by atoms with van der Waals surface area (Å²) in [7, 11) is 0. The van der Waals surface area contributed by atoms with Crippen molar-refractivity contribution in [2.24, 2.45) is 5.92 Å². The van der Waals surface area contributed by atoms with Gasteiger partial charge in [-0.25, -0.2) is 8.78 Å². The molecule has 0 aromatic heterocycles. The number of rotatable bonds is 6. The summed E-state index contributed by atoms with van der Waals surface area (Å²) < 4.78 is 27.1. The Kier molecular flexibility index (Phi) is 6.79. The molecule has 2 aliphatic rings. The molecule has 2 aliphatic heterocycles. The molecule has 1 aromatic rings. The molecule has 3 amide bonds. The zero-order chi connectivity index (χ0) is 21.0. The molecule has 158 valence electrons. The van der Waals surface area contributed by atoms with Gasteiger partial charge in [0.1, 0.15) is 11.6 Å². The zero-order valence-electron chi connectivity index (χ0n) is 16.5. The van der Waals surface area contributed by atoms with E-state index >= 15 is 0 Å².